The minimum atomic E-state index is -0.392. The molecular formula is C19H16O4. The fourth-order valence-electron chi connectivity index (χ4n) is 2.41. The lowest BCUT2D eigenvalue weighted by molar-refractivity contribution is 0.355. The molecule has 0 aliphatic carbocycles. The van der Waals surface area contributed by atoms with Gasteiger partial charge in [-0.1, -0.05) is 30.3 Å². The second kappa shape index (κ2) is 6.40. The van der Waals surface area contributed by atoms with Crippen LogP contribution in [0.4, 0.5) is 0 Å². The van der Waals surface area contributed by atoms with Crippen molar-refractivity contribution in [2.24, 2.45) is 0 Å². The van der Waals surface area contributed by atoms with Gasteiger partial charge in [0.25, 0.3) is 0 Å². The third-order valence-electron chi connectivity index (χ3n) is 3.55. The van der Waals surface area contributed by atoms with Gasteiger partial charge < -0.3 is 13.9 Å². The average molecular weight is 308 g/mol. The number of benzene rings is 2. The van der Waals surface area contributed by atoms with E-state index in [-0.39, 0.29) is 0 Å². The number of rotatable bonds is 4. The number of methoxy groups -OCH3 is 2. The maximum atomic E-state index is 11.9. The maximum absolute atomic E-state index is 11.9. The van der Waals surface area contributed by atoms with E-state index in [2.05, 4.69) is 0 Å². The van der Waals surface area contributed by atoms with E-state index >= 15 is 0 Å². The van der Waals surface area contributed by atoms with E-state index in [0.29, 0.717) is 17.3 Å². The summed E-state index contributed by atoms with van der Waals surface area (Å²) in [6.07, 6.45) is 0. The molecule has 0 aliphatic heterocycles. The van der Waals surface area contributed by atoms with E-state index in [4.69, 9.17) is 13.9 Å². The Labute approximate surface area is 133 Å². The molecule has 0 atom stereocenters. The molecule has 0 spiro atoms. The van der Waals surface area contributed by atoms with Crippen LogP contribution in [-0.4, -0.2) is 14.2 Å². The third-order valence-corrected chi connectivity index (χ3v) is 3.55. The first-order valence-corrected chi connectivity index (χ1v) is 7.14. The van der Waals surface area contributed by atoms with Crippen molar-refractivity contribution in [3.05, 3.63) is 71.1 Å². The highest BCUT2D eigenvalue weighted by molar-refractivity contribution is 5.70. The van der Waals surface area contributed by atoms with Gasteiger partial charge in [-0.15, -0.1) is 0 Å². The lowest BCUT2D eigenvalue weighted by atomic mass is 10.0. The molecule has 116 valence electrons. The van der Waals surface area contributed by atoms with Crippen LogP contribution in [0.5, 0.6) is 11.5 Å². The fraction of sp³-hybridized carbons (Fsp3) is 0.105. The van der Waals surface area contributed by atoms with Gasteiger partial charge in [0.2, 0.25) is 0 Å². The Kier molecular flexibility index (Phi) is 4.15. The van der Waals surface area contributed by atoms with Crippen molar-refractivity contribution in [3.63, 3.8) is 0 Å². The van der Waals surface area contributed by atoms with Crippen LogP contribution < -0.4 is 15.1 Å². The molecule has 0 bridgehead atoms. The molecule has 1 aromatic heterocycles. The summed E-state index contributed by atoms with van der Waals surface area (Å²) >= 11 is 0. The van der Waals surface area contributed by atoms with Crippen LogP contribution in [-0.2, 0) is 0 Å². The monoisotopic (exact) mass is 308 g/mol. The van der Waals surface area contributed by atoms with Gasteiger partial charge in [0.15, 0.2) is 11.5 Å². The summed E-state index contributed by atoms with van der Waals surface area (Å²) in [7, 11) is 3.14. The topological polar surface area (TPSA) is 48.7 Å². The first-order chi connectivity index (χ1) is 11.2. The molecule has 0 fully saturated rings. The molecule has 4 heteroatoms. The molecule has 0 radical (unpaired) electrons. The van der Waals surface area contributed by atoms with Crippen LogP contribution in [0.3, 0.4) is 0 Å². The summed E-state index contributed by atoms with van der Waals surface area (Å²) in [6.45, 7) is 0. The van der Waals surface area contributed by atoms with Crippen molar-refractivity contribution in [1.82, 2.24) is 0 Å². The zero-order chi connectivity index (χ0) is 16.2. The molecule has 0 aliphatic rings. The van der Waals surface area contributed by atoms with E-state index in [0.717, 1.165) is 16.7 Å². The molecule has 0 saturated carbocycles. The molecule has 0 N–H and O–H groups in total. The minimum absolute atomic E-state index is 0.392. The van der Waals surface area contributed by atoms with E-state index in [9.17, 15) is 4.79 Å². The highest BCUT2D eigenvalue weighted by atomic mass is 16.5. The quantitative estimate of drug-likeness (QED) is 0.731. The van der Waals surface area contributed by atoms with E-state index in [1.807, 2.05) is 42.5 Å². The SMILES string of the molecule is COc1ccc(-c2cc(-c3ccccc3)cc(=O)o2)cc1OC. The van der Waals surface area contributed by atoms with Crippen LogP contribution in [0.15, 0.2) is 69.9 Å². The van der Waals surface area contributed by atoms with Gasteiger partial charge in [0, 0.05) is 11.6 Å². The van der Waals surface area contributed by atoms with Gasteiger partial charge in [0.1, 0.15) is 5.76 Å². The Balaban J connectivity index is 2.10. The molecular weight excluding hydrogens is 292 g/mol. The van der Waals surface area contributed by atoms with Crippen molar-refractivity contribution >= 4 is 0 Å². The largest absolute Gasteiger partial charge is 0.493 e. The van der Waals surface area contributed by atoms with Crippen LogP contribution in [0.25, 0.3) is 22.5 Å². The standard InChI is InChI=1S/C19H16O4/c1-21-16-9-8-14(10-18(16)22-2)17-11-15(12-19(20)23-17)13-6-4-3-5-7-13/h3-12H,1-2H3. The Bertz CT molecular complexity index is 866. The molecule has 0 saturated heterocycles. The second-order valence-corrected chi connectivity index (χ2v) is 4.97. The molecule has 0 unspecified atom stereocenters. The maximum Gasteiger partial charge on any atom is 0.336 e. The number of hydrogen-bond acceptors (Lipinski definition) is 4. The first-order valence-electron chi connectivity index (χ1n) is 7.14. The normalized spacial score (nSPS) is 10.3. The number of ether oxygens (including phenoxy) is 2. The predicted molar refractivity (Wildman–Crippen MR) is 89.0 cm³/mol. The molecule has 3 rings (SSSR count). The summed E-state index contributed by atoms with van der Waals surface area (Å²) in [5.74, 6) is 1.69. The lowest BCUT2D eigenvalue weighted by Gasteiger charge is -2.09. The fourth-order valence-corrected chi connectivity index (χ4v) is 2.41. The minimum Gasteiger partial charge on any atom is -0.493 e. The summed E-state index contributed by atoms with van der Waals surface area (Å²) in [4.78, 5) is 11.9. The highest BCUT2D eigenvalue weighted by Crippen LogP contribution is 2.33. The Morgan fingerprint density at radius 2 is 1.48 bits per heavy atom. The number of hydrogen-bond donors (Lipinski definition) is 0. The summed E-state index contributed by atoms with van der Waals surface area (Å²) in [5, 5.41) is 0. The van der Waals surface area contributed by atoms with Gasteiger partial charge in [-0.25, -0.2) is 4.79 Å². The Morgan fingerprint density at radius 3 is 2.17 bits per heavy atom. The van der Waals surface area contributed by atoms with Crippen molar-refractivity contribution in [1.29, 1.82) is 0 Å². The molecule has 2 aromatic carbocycles. The summed E-state index contributed by atoms with van der Waals surface area (Å²) < 4.78 is 15.9. The lowest BCUT2D eigenvalue weighted by Crippen LogP contribution is -1.99. The third kappa shape index (κ3) is 3.11. The van der Waals surface area contributed by atoms with Gasteiger partial charge in [0.05, 0.1) is 14.2 Å². The molecule has 1 heterocycles. The Morgan fingerprint density at radius 1 is 0.739 bits per heavy atom. The van der Waals surface area contributed by atoms with Crippen LogP contribution in [0, 0.1) is 0 Å². The van der Waals surface area contributed by atoms with Gasteiger partial charge in [-0.05, 0) is 35.4 Å². The summed E-state index contributed by atoms with van der Waals surface area (Å²) in [6, 6.07) is 18.4. The second-order valence-electron chi connectivity index (χ2n) is 4.97. The van der Waals surface area contributed by atoms with Crippen LogP contribution in [0.1, 0.15) is 0 Å². The van der Waals surface area contributed by atoms with Crippen molar-refractivity contribution < 1.29 is 13.9 Å². The molecule has 3 aromatic rings. The van der Waals surface area contributed by atoms with Crippen LogP contribution in [0.2, 0.25) is 0 Å². The smallest absolute Gasteiger partial charge is 0.336 e. The van der Waals surface area contributed by atoms with Gasteiger partial charge >= 0.3 is 5.63 Å². The van der Waals surface area contributed by atoms with Crippen molar-refractivity contribution in [2.75, 3.05) is 14.2 Å². The van der Waals surface area contributed by atoms with Crippen molar-refractivity contribution in [2.45, 2.75) is 0 Å². The average Bonchev–Trinajstić information content (AvgIpc) is 2.61. The first kappa shape index (κ1) is 14.9. The van der Waals surface area contributed by atoms with Gasteiger partial charge in [-0.3, -0.25) is 0 Å². The zero-order valence-corrected chi connectivity index (χ0v) is 12.9. The van der Waals surface area contributed by atoms with Crippen LogP contribution >= 0.6 is 0 Å². The zero-order valence-electron chi connectivity index (χ0n) is 12.9. The van der Waals surface area contributed by atoms with E-state index in [1.165, 1.54) is 6.07 Å². The van der Waals surface area contributed by atoms with Crippen molar-refractivity contribution in [3.8, 4) is 33.9 Å². The molecule has 0 amide bonds. The highest BCUT2D eigenvalue weighted by Gasteiger charge is 2.10. The molecule has 23 heavy (non-hydrogen) atoms. The van der Waals surface area contributed by atoms with Gasteiger partial charge in [-0.2, -0.15) is 0 Å². The summed E-state index contributed by atoms with van der Waals surface area (Å²) in [5.41, 5.74) is 2.13. The van der Waals surface area contributed by atoms with E-state index < -0.39 is 5.63 Å². The Hall–Kier alpha value is -3.01. The molecule has 4 nitrogen and oxygen atoms in total. The van der Waals surface area contributed by atoms with E-state index in [1.54, 1.807) is 26.4 Å². The predicted octanol–water partition coefficient (Wildman–Crippen LogP) is 3.99.